The molecule has 1 amide bonds. The third-order valence-electron chi connectivity index (χ3n) is 3.98. The SMILES string of the molecule is CCC1OCCC1CNc1cc(N)ccc1C(=O)N(C)C. The van der Waals surface area contributed by atoms with Crippen molar-refractivity contribution in [3.63, 3.8) is 0 Å². The molecule has 1 fully saturated rings. The van der Waals surface area contributed by atoms with Gasteiger partial charge in [0.2, 0.25) is 0 Å². The zero-order valence-electron chi connectivity index (χ0n) is 13.1. The van der Waals surface area contributed by atoms with Crippen LogP contribution in [-0.2, 0) is 4.74 Å². The van der Waals surface area contributed by atoms with E-state index in [0.29, 0.717) is 23.3 Å². The second-order valence-electron chi connectivity index (χ2n) is 5.75. The molecule has 0 saturated carbocycles. The van der Waals surface area contributed by atoms with E-state index in [0.717, 1.165) is 31.7 Å². The van der Waals surface area contributed by atoms with Crippen molar-refractivity contribution in [2.45, 2.75) is 25.9 Å². The van der Waals surface area contributed by atoms with Crippen LogP contribution in [0.25, 0.3) is 0 Å². The number of hydrogen-bond donors (Lipinski definition) is 2. The van der Waals surface area contributed by atoms with Crippen LogP contribution in [0.1, 0.15) is 30.1 Å². The summed E-state index contributed by atoms with van der Waals surface area (Å²) in [6, 6.07) is 5.37. The summed E-state index contributed by atoms with van der Waals surface area (Å²) in [4.78, 5) is 13.8. The quantitative estimate of drug-likeness (QED) is 0.816. The maximum atomic E-state index is 12.2. The van der Waals surface area contributed by atoms with Gasteiger partial charge in [-0.3, -0.25) is 4.79 Å². The van der Waals surface area contributed by atoms with E-state index in [9.17, 15) is 4.79 Å². The first kappa shape index (κ1) is 15.6. The third kappa shape index (κ3) is 3.67. The maximum Gasteiger partial charge on any atom is 0.255 e. The summed E-state index contributed by atoms with van der Waals surface area (Å²) in [7, 11) is 3.50. The minimum Gasteiger partial charge on any atom is -0.399 e. The highest BCUT2D eigenvalue weighted by Crippen LogP contribution is 2.26. The Balaban J connectivity index is 2.11. The topological polar surface area (TPSA) is 67.6 Å². The standard InChI is InChI=1S/C16H25N3O2/c1-4-15-11(7-8-21-15)10-18-14-9-12(17)5-6-13(14)16(20)19(2)3/h5-6,9,11,15,18H,4,7-8,10,17H2,1-3H3. The van der Waals surface area contributed by atoms with Gasteiger partial charge in [-0.25, -0.2) is 0 Å². The Morgan fingerprint density at radius 1 is 1.48 bits per heavy atom. The van der Waals surface area contributed by atoms with Crippen molar-refractivity contribution in [3.05, 3.63) is 23.8 Å². The van der Waals surface area contributed by atoms with E-state index >= 15 is 0 Å². The molecule has 2 atom stereocenters. The average molecular weight is 291 g/mol. The van der Waals surface area contributed by atoms with E-state index in [1.165, 1.54) is 0 Å². The van der Waals surface area contributed by atoms with Crippen LogP contribution in [0.3, 0.4) is 0 Å². The third-order valence-corrected chi connectivity index (χ3v) is 3.98. The zero-order chi connectivity index (χ0) is 15.4. The lowest BCUT2D eigenvalue weighted by atomic mass is 9.99. The normalized spacial score (nSPS) is 21.3. The highest BCUT2D eigenvalue weighted by Gasteiger charge is 2.26. The van der Waals surface area contributed by atoms with E-state index in [2.05, 4.69) is 12.2 Å². The summed E-state index contributed by atoms with van der Waals surface area (Å²) < 4.78 is 5.70. The lowest BCUT2D eigenvalue weighted by Crippen LogP contribution is -2.26. The molecule has 116 valence electrons. The van der Waals surface area contributed by atoms with E-state index in [4.69, 9.17) is 10.5 Å². The Labute approximate surface area is 126 Å². The van der Waals surface area contributed by atoms with Gasteiger partial charge in [0.15, 0.2) is 0 Å². The van der Waals surface area contributed by atoms with Crippen molar-refractivity contribution in [1.29, 1.82) is 0 Å². The fourth-order valence-electron chi connectivity index (χ4n) is 2.75. The van der Waals surface area contributed by atoms with Gasteiger partial charge in [-0.2, -0.15) is 0 Å². The molecule has 1 aliphatic rings. The predicted molar refractivity (Wildman–Crippen MR) is 85.5 cm³/mol. The van der Waals surface area contributed by atoms with Crippen LogP contribution in [0.4, 0.5) is 11.4 Å². The summed E-state index contributed by atoms with van der Waals surface area (Å²) in [5.41, 5.74) is 7.96. The molecule has 21 heavy (non-hydrogen) atoms. The number of rotatable bonds is 5. The molecular weight excluding hydrogens is 266 g/mol. The molecule has 1 heterocycles. The fraction of sp³-hybridized carbons (Fsp3) is 0.562. The summed E-state index contributed by atoms with van der Waals surface area (Å²) in [6.45, 7) is 3.77. The van der Waals surface area contributed by atoms with Gasteiger partial charge in [0.25, 0.3) is 5.91 Å². The Hall–Kier alpha value is -1.75. The highest BCUT2D eigenvalue weighted by atomic mass is 16.5. The van der Waals surface area contributed by atoms with Crippen molar-refractivity contribution in [3.8, 4) is 0 Å². The Kier molecular flexibility index (Phi) is 5.07. The number of carbonyl (C=O) groups excluding carboxylic acids is 1. The van der Waals surface area contributed by atoms with E-state index in [1.54, 1.807) is 31.1 Å². The number of amides is 1. The summed E-state index contributed by atoms with van der Waals surface area (Å²) >= 11 is 0. The molecule has 0 aromatic heterocycles. The van der Waals surface area contributed by atoms with Gasteiger partial charge in [0.1, 0.15) is 0 Å². The monoisotopic (exact) mass is 291 g/mol. The Morgan fingerprint density at radius 3 is 2.90 bits per heavy atom. The number of nitrogen functional groups attached to an aromatic ring is 1. The molecule has 0 spiro atoms. The van der Waals surface area contributed by atoms with Crippen LogP contribution in [0.5, 0.6) is 0 Å². The molecule has 0 aliphatic carbocycles. The molecule has 2 rings (SSSR count). The van der Waals surface area contributed by atoms with E-state index < -0.39 is 0 Å². The largest absolute Gasteiger partial charge is 0.399 e. The van der Waals surface area contributed by atoms with Gasteiger partial charge in [0, 0.05) is 44.5 Å². The van der Waals surface area contributed by atoms with Crippen molar-refractivity contribution >= 4 is 17.3 Å². The Bertz CT molecular complexity index is 502. The minimum atomic E-state index is -0.0211. The second-order valence-corrected chi connectivity index (χ2v) is 5.75. The van der Waals surface area contributed by atoms with Crippen molar-refractivity contribution in [2.75, 3.05) is 38.3 Å². The van der Waals surface area contributed by atoms with E-state index in [-0.39, 0.29) is 5.91 Å². The highest BCUT2D eigenvalue weighted by molar-refractivity contribution is 6.00. The molecule has 1 aliphatic heterocycles. The number of carbonyl (C=O) groups is 1. The zero-order valence-corrected chi connectivity index (χ0v) is 13.1. The number of ether oxygens (including phenoxy) is 1. The van der Waals surface area contributed by atoms with E-state index in [1.807, 2.05) is 6.07 Å². The lowest BCUT2D eigenvalue weighted by molar-refractivity contribution is 0.0828. The summed E-state index contributed by atoms with van der Waals surface area (Å²) in [5.74, 6) is 0.464. The number of nitrogens with zero attached hydrogens (tertiary/aromatic N) is 1. The second kappa shape index (κ2) is 6.80. The van der Waals surface area contributed by atoms with Crippen molar-refractivity contribution < 1.29 is 9.53 Å². The molecule has 1 aromatic rings. The molecule has 5 nitrogen and oxygen atoms in total. The molecule has 2 unspecified atom stereocenters. The lowest BCUT2D eigenvalue weighted by Gasteiger charge is -2.20. The fourth-order valence-corrected chi connectivity index (χ4v) is 2.75. The molecule has 1 aromatic carbocycles. The molecule has 3 N–H and O–H groups in total. The summed E-state index contributed by atoms with van der Waals surface area (Å²) in [6.07, 6.45) is 2.39. The van der Waals surface area contributed by atoms with Crippen LogP contribution >= 0.6 is 0 Å². The number of hydrogen-bond acceptors (Lipinski definition) is 4. The van der Waals surface area contributed by atoms with Crippen LogP contribution in [0.15, 0.2) is 18.2 Å². The number of anilines is 2. The first-order valence-electron chi connectivity index (χ1n) is 7.49. The van der Waals surface area contributed by atoms with Crippen LogP contribution < -0.4 is 11.1 Å². The first-order valence-corrected chi connectivity index (χ1v) is 7.49. The van der Waals surface area contributed by atoms with Crippen molar-refractivity contribution in [1.82, 2.24) is 4.90 Å². The van der Waals surface area contributed by atoms with Gasteiger partial charge in [0.05, 0.1) is 11.7 Å². The van der Waals surface area contributed by atoms with Crippen LogP contribution in [-0.4, -0.2) is 44.2 Å². The molecule has 0 bridgehead atoms. The predicted octanol–water partition coefficient (Wildman–Crippen LogP) is 2.20. The molecule has 5 heteroatoms. The maximum absolute atomic E-state index is 12.2. The van der Waals surface area contributed by atoms with Gasteiger partial charge in [-0.1, -0.05) is 6.92 Å². The van der Waals surface area contributed by atoms with Gasteiger partial charge in [-0.05, 0) is 31.0 Å². The van der Waals surface area contributed by atoms with Crippen LogP contribution in [0, 0.1) is 5.92 Å². The smallest absolute Gasteiger partial charge is 0.255 e. The van der Waals surface area contributed by atoms with Gasteiger partial charge >= 0.3 is 0 Å². The van der Waals surface area contributed by atoms with Crippen molar-refractivity contribution in [2.24, 2.45) is 5.92 Å². The summed E-state index contributed by atoms with van der Waals surface area (Å²) in [5, 5.41) is 3.39. The number of nitrogens with two attached hydrogens (primary N) is 1. The van der Waals surface area contributed by atoms with Gasteiger partial charge in [-0.15, -0.1) is 0 Å². The number of benzene rings is 1. The minimum absolute atomic E-state index is 0.0211. The molecule has 1 saturated heterocycles. The molecule has 0 radical (unpaired) electrons. The molecular formula is C16H25N3O2. The number of nitrogens with one attached hydrogen (secondary N) is 1. The average Bonchev–Trinajstić information content (AvgIpc) is 2.91. The van der Waals surface area contributed by atoms with Gasteiger partial charge < -0.3 is 20.7 Å². The van der Waals surface area contributed by atoms with Crippen LogP contribution in [0.2, 0.25) is 0 Å². The first-order chi connectivity index (χ1) is 10.0. The Morgan fingerprint density at radius 2 is 2.24 bits per heavy atom.